The second kappa shape index (κ2) is 8.93. The molecule has 27 heavy (non-hydrogen) atoms. The zero-order valence-electron chi connectivity index (χ0n) is 15.1. The van der Waals surface area contributed by atoms with Crippen LogP contribution in [-0.2, 0) is 14.4 Å². The summed E-state index contributed by atoms with van der Waals surface area (Å²) in [7, 11) is 0. The van der Waals surface area contributed by atoms with Gasteiger partial charge in [-0.2, -0.15) is 0 Å². The summed E-state index contributed by atoms with van der Waals surface area (Å²) in [6.07, 6.45) is -0.726. The van der Waals surface area contributed by atoms with Crippen molar-refractivity contribution in [1.29, 1.82) is 0 Å². The lowest BCUT2D eigenvalue weighted by Gasteiger charge is -2.33. The number of hydrogen-bond donors (Lipinski definition) is 3. The Balaban J connectivity index is 3.50. The van der Waals surface area contributed by atoms with Crippen LogP contribution >= 0.6 is 0 Å². The average molecular weight is 379 g/mol. The van der Waals surface area contributed by atoms with Gasteiger partial charge in [0.1, 0.15) is 0 Å². The number of nitrogens with zero attached hydrogens (tertiary/aromatic N) is 1. The number of carbonyl (C=O) groups excluding carboxylic acids is 2. The molecule has 0 fully saturated rings. The molecule has 3 N–H and O–H groups in total. The van der Waals surface area contributed by atoms with Crippen LogP contribution in [0.25, 0.3) is 0 Å². The predicted molar refractivity (Wildman–Crippen MR) is 94.0 cm³/mol. The number of benzene rings is 1. The van der Waals surface area contributed by atoms with Gasteiger partial charge in [0.2, 0.25) is 5.91 Å². The van der Waals surface area contributed by atoms with Gasteiger partial charge in [-0.1, -0.05) is 13.8 Å². The van der Waals surface area contributed by atoms with Crippen LogP contribution in [0.4, 0.5) is 5.69 Å². The maximum Gasteiger partial charge on any atom is 0.335 e. The standard InChI is InChI=1S/C18H21NO8/c1-9(2)16(14(21)4-5-15(22)23)19(10(3)20)13-7-11(17(24)25)6-12(8-13)18(26)27/h6-9,16H,4-5H2,1-3H3,(H,22,23)(H,24,25)(H,26,27). The van der Waals surface area contributed by atoms with Gasteiger partial charge >= 0.3 is 17.9 Å². The first kappa shape index (κ1) is 21.8. The summed E-state index contributed by atoms with van der Waals surface area (Å²) < 4.78 is 0. The zero-order chi connectivity index (χ0) is 20.9. The fourth-order valence-corrected chi connectivity index (χ4v) is 2.73. The van der Waals surface area contributed by atoms with Crippen LogP contribution in [0.2, 0.25) is 0 Å². The van der Waals surface area contributed by atoms with E-state index in [1.54, 1.807) is 13.8 Å². The Hall–Kier alpha value is -3.23. The molecule has 0 radical (unpaired) electrons. The lowest BCUT2D eigenvalue weighted by molar-refractivity contribution is -0.138. The molecule has 1 aromatic rings. The number of aliphatic carboxylic acids is 1. The highest BCUT2D eigenvalue weighted by molar-refractivity contribution is 6.03. The molecule has 146 valence electrons. The molecule has 1 unspecified atom stereocenters. The van der Waals surface area contributed by atoms with E-state index < -0.39 is 48.0 Å². The number of rotatable bonds is 9. The third kappa shape index (κ3) is 5.63. The van der Waals surface area contributed by atoms with Gasteiger partial charge in [-0.3, -0.25) is 14.4 Å². The molecule has 0 saturated carbocycles. The molecule has 1 rings (SSSR count). The lowest BCUT2D eigenvalue weighted by Crippen LogP contribution is -2.47. The minimum Gasteiger partial charge on any atom is -0.481 e. The third-order valence-corrected chi connectivity index (χ3v) is 3.85. The molecule has 0 spiro atoms. The highest BCUT2D eigenvalue weighted by atomic mass is 16.4. The van der Waals surface area contributed by atoms with E-state index in [-0.39, 0.29) is 23.2 Å². The highest BCUT2D eigenvalue weighted by Gasteiger charge is 2.32. The lowest BCUT2D eigenvalue weighted by atomic mass is 9.94. The molecule has 0 aromatic heterocycles. The maximum absolute atomic E-state index is 12.6. The molecule has 0 saturated heterocycles. The number of hydrogen-bond acceptors (Lipinski definition) is 5. The first-order valence-electron chi connectivity index (χ1n) is 8.11. The van der Waals surface area contributed by atoms with E-state index in [0.29, 0.717) is 0 Å². The molecule has 0 aliphatic rings. The van der Waals surface area contributed by atoms with Gasteiger partial charge in [-0.15, -0.1) is 0 Å². The Morgan fingerprint density at radius 3 is 1.70 bits per heavy atom. The topological polar surface area (TPSA) is 149 Å². The first-order chi connectivity index (χ1) is 12.5. The van der Waals surface area contributed by atoms with Gasteiger partial charge in [-0.05, 0) is 24.1 Å². The Bertz CT molecular complexity index is 751. The zero-order valence-corrected chi connectivity index (χ0v) is 15.1. The minimum atomic E-state index is -1.39. The molecule has 1 amide bonds. The first-order valence-corrected chi connectivity index (χ1v) is 8.11. The van der Waals surface area contributed by atoms with Crippen LogP contribution in [0.5, 0.6) is 0 Å². The molecular weight excluding hydrogens is 358 g/mol. The van der Waals surface area contributed by atoms with Crippen molar-refractivity contribution in [3.05, 3.63) is 29.3 Å². The van der Waals surface area contributed by atoms with Crippen molar-refractivity contribution in [3.8, 4) is 0 Å². The molecule has 0 aliphatic carbocycles. The van der Waals surface area contributed by atoms with Crippen molar-refractivity contribution in [1.82, 2.24) is 0 Å². The van der Waals surface area contributed by atoms with E-state index in [4.69, 9.17) is 5.11 Å². The van der Waals surface area contributed by atoms with E-state index in [9.17, 15) is 34.2 Å². The van der Waals surface area contributed by atoms with E-state index in [0.717, 1.165) is 30.0 Å². The van der Waals surface area contributed by atoms with Crippen LogP contribution in [-0.4, -0.2) is 51.0 Å². The van der Waals surface area contributed by atoms with Crippen LogP contribution in [0, 0.1) is 5.92 Å². The second-order valence-corrected chi connectivity index (χ2v) is 6.32. The van der Waals surface area contributed by atoms with E-state index in [1.807, 2.05) is 0 Å². The van der Waals surface area contributed by atoms with Crippen molar-refractivity contribution in [3.63, 3.8) is 0 Å². The number of carbonyl (C=O) groups is 5. The van der Waals surface area contributed by atoms with Gasteiger partial charge in [0.05, 0.1) is 23.6 Å². The van der Waals surface area contributed by atoms with E-state index in [1.165, 1.54) is 0 Å². The molecule has 9 nitrogen and oxygen atoms in total. The SMILES string of the molecule is CC(=O)N(c1cc(C(=O)O)cc(C(=O)O)c1)C(C(=O)CCC(=O)O)C(C)C. The fraction of sp³-hybridized carbons (Fsp3) is 0.389. The third-order valence-electron chi connectivity index (χ3n) is 3.85. The van der Waals surface area contributed by atoms with Crippen molar-refractivity contribution in [2.45, 2.75) is 39.7 Å². The Morgan fingerprint density at radius 1 is 0.889 bits per heavy atom. The maximum atomic E-state index is 12.6. The minimum absolute atomic E-state index is 0.0535. The van der Waals surface area contributed by atoms with Gasteiger partial charge in [0.15, 0.2) is 5.78 Å². The summed E-state index contributed by atoms with van der Waals surface area (Å²) >= 11 is 0. The molecule has 1 atom stereocenters. The molecule has 0 aliphatic heterocycles. The number of ketones is 1. The second-order valence-electron chi connectivity index (χ2n) is 6.32. The molecule has 0 bridgehead atoms. The van der Waals surface area contributed by atoms with Crippen molar-refractivity contribution < 1.29 is 39.3 Å². The van der Waals surface area contributed by atoms with Crippen molar-refractivity contribution in [2.75, 3.05) is 4.90 Å². The number of amides is 1. The molecule has 9 heteroatoms. The summed E-state index contributed by atoms with van der Waals surface area (Å²) in [5.74, 6) is -5.48. The monoisotopic (exact) mass is 379 g/mol. The van der Waals surface area contributed by atoms with Crippen LogP contribution < -0.4 is 4.90 Å². The summed E-state index contributed by atoms with van der Waals surface area (Å²) in [6, 6.07) is 2.10. The van der Waals surface area contributed by atoms with Crippen molar-refractivity contribution in [2.24, 2.45) is 5.92 Å². The summed E-state index contributed by atoms with van der Waals surface area (Å²) in [4.78, 5) is 59.2. The van der Waals surface area contributed by atoms with Crippen LogP contribution in [0.15, 0.2) is 18.2 Å². The molecule has 1 aromatic carbocycles. The normalized spacial score (nSPS) is 11.7. The quantitative estimate of drug-likeness (QED) is 0.589. The Labute approximate surface area is 155 Å². The molecular formula is C18H21NO8. The summed E-state index contributed by atoms with van der Waals surface area (Å²) in [5, 5.41) is 27.2. The smallest absolute Gasteiger partial charge is 0.335 e. The summed E-state index contributed by atoms with van der Waals surface area (Å²) in [6.45, 7) is 4.46. The van der Waals surface area contributed by atoms with Crippen LogP contribution in [0.1, 0.15) is 54.3 Å². The number of anilines is 1. The predicted octanol–water partition coefficient (Wildman–Crippen LogP) is 1.89. The van der Waals surface area contributed by atoms with E-state index in [2.05, 4.69) is 0 Å². The fourth-order valence-electron chi connectivity index (χ4n) is 2.73. The van der Waals surface area contributed by atoms with Gasteiger partial charge < -0.3 is 20.2 Å². The van der Waals surface area contributed by atoms with Crippen molar-refractivity contribution >= 4 is 35.3 Å². The van der Waals surface area contributed by atoms with Crippen LogP contribution in [0.3, 0.4) is 0 Å². The highest BCUT2D eigenvalue weighted by Crippen LogP contribution is 2.26. The number of carboxylic acids is 3. The van der Waals surface area contributed by atoms with Gasteiger partial charge in [0.25, 0.3) is 0 Å². The molecule has 0 heterocycles. The number of aromatic carboxylic acids is 2. The Kier molecular flexibility index (Phi) is 7.21. The summed E-state index contributed by atoms with van der Waals surface area (Å²) in [5.41, 5.74) is -0.754. The average Bonchev–Trinajstić information content (AvgIpc) is 2.55. The van der Waals surface area contributed by atoms with E-state index >= 15 is 0 Å². The largest absolute Gasteiger partial charge is 0.481 e. The van der Waals surface area contributed by atoms with Gasteiger partial charge in [0, 0.05) is 19.0 Å². The van der Waals surface area contributed by atoms with Gasteiger partial charge in [-0.25, -0.2) is 9.59 Å². The Morgan fingerprint density at radius 2 is 1.37 bits per heavy atom. The number of Topliss-reactive ketones (excluding diaryl/α,β-unsaturated/α-hetero) is 1. The number of carboxylic acid groups (broad SMARTS) is 3.